The van der Waals surface area contributed by atoms with Crippen molar-refractivity contribution in [3.63, 3.8) is 0 Å². The third-order valence-electron chi connectivity index (χ3n) is 11.7. The minimum absolute atomic E-state index is 0.648. The second-order valence-electron chi connectivity index (χ2n) is 15.0. The van der Waals surface area contributed by atoms with Gasteiger partial charge in [-0.15, -0.1) is 0 Å². The Kier molecular flexibility index (Phi) is 7.20. The molecular formula is C54H34N4. The molecule has 3 aromatic heterocycles. The Bertz CT molecular complexity index is 3540. The third kappa shape index (κ3) is 4.95. The Labute approximate surface area is 334 Å². The van der Waals surface area contributed by atoms with Gasteiger partial charge in [0.25, 0.3) is 0 Å². The van der Waals surface area contributed by atoms with Crippen LogP contribution >= 0.6 is 0 Å². The van der Waals surface area contributed by atoms with Crippen LogP contribution < -0.4 is 0 Å². The molecule has 270 valence electrons. The summed E-state index contributed by atoms with van der Waals surface area (Å²) in [5.41, 5.74) is 13.2. The standard InChI is InChI=1S/C54H34N4/c1-3-14-35(15-4-1)37-26-29-41(30-27-37)57-48-32-33-49-50(51(48)45-31-28-38-18-7-8-21-42(38)53(45)57)44-23-10-12-25-47(44)58(49)54-55-46-24-11-9-22-43(46)52(56-54)40-20-13-19-39(34-40)36-16-5-2-6-17-36/h1-34H. The van der Waals surface area contributed by atoms with E-state index in [1.54, 1.807) is 0 Å². The van der Waals surface area contributed by atoms with Gasteiger partial charge in [-0.2, -0.15) is 0 Å². The van der Waals surface area contributed by atoms with Crippen molar-refractivity contribution in [2.45, 2.75) is 0 Å². The van der Waals surface area contributed by atoms with E-state index >= 15 is 0 Å². The molecule has 0 spiro atoms. The first-order chi connectivity index (χ1) is 28.8. The van der Waals surface area contributed by atoms with E-state index in [1.807, 2.05) is 0 Å². The van der Waals surface area contributed by atoms with Crippen LogP contribution in [0.15, 0.2) is 206 Å². The fourth-order valence-corrected chi connectivity index (χ4v) is 9.10. The highest BCUT2D eigenvalue weighted by atomic mass is 15.2. The van der Waals surface area contributed by atoms with Crippen molar-refractivity contribution in [2.75, 3.05) is 0 Å². The number of benzene rings is 9. The Morgan fingerprint density at radius 3 is 1.71 bits per heavy atom. The molecule has 0 N–H and O–H groups in total. The minimum Gasteiger partial charge on any atom is -0.309 e. The normalized spacial score (nSPS) is 11.8. The van der Waals surface area contributed by atoms with Gasteiger partial charge in [-0.25, -0.2) is 9.97 Å². The van der Waals surface area contributed by atoms with Crippen LogP contribution in [-0.2, 0) is 0 Å². The Balaban J connectivity index is 1.14. The summed E-state index contributed by atoms with van der Waals surface area (Å²) in [5, 5.41) is 8.25. The lowest BCUT2D eigenvalue weighted by molar-refractivity contribution is 1.01. The number of rotatable bonds is 5. The van der Waals surface area contributed by atoms with Crippen LogP contribution in [-0.4, -0.2) is 19.1 Å². The average Bonchev–Trinajstić information content (AvgIpc) is 3.82. The van der Waals surface area contributed by atoms with Gasteiger partial charge < -0.3 is 4.57 Å². The summed E-state index contributed by atoms with van der Waals surface area (Å²) in [6.45, 7) is 0. The van der Waals surface area contributed by atoms with Gasteiger partial charge in [0.1, 0.15) is 0 Å². The molecule has 58 heavy (non-hydrogen) atoms. The van der Waals surface area contributed by atoms with Crippen LogP contribution in [0.2, 0.25) is 0 Å². The smallest absolute Gasteiger partial charge is 0.235 e. The molecule has 4 nitrogen and oxygen atoms in total. The van der Waals surface area contributed by atoms with E-state index in [0.29, 0.717) is 5.95 Å². The summed E-state index contributed by atoms with van der Waals surface area (Å²) in [7, 11) is 0. The van der Waals surface area contributed by atoms with E-state index < -0.39 is 0 Å². The molecule has 12 rings (SSSR count). The second kappa shape index (κ2) is 12.9. The zero-order valence-corrected chi connectivity index (χ0v) is 31.4. The van der Waals surface area contributed by atoms with Crippen molar-refractivity contribution < 1.29 is 0 Å². The summed E-state index contributed by atoms with van der Waals surface area (Å²) in [4.78, 5) is 10.8. The number of hydrogen-bond acceptors (Lipinski definition) is 2. The van der Waals surface area contributed by atoms with Gasteiger partial charge in [-0.05, 0) is 70.1 Å². The van der Waals surface area contributed by atoms with Gasteiger partial charge in [0.05, 0.1) is 33.3 Å². The van der Waals surface area contributed by atoms with E-state index in [4.69, 9.17) is 9.97 Å². The van der Waals surface area contributed by atoms with Gasteiger partial charge in [0, 0.05) is 43.6 Å². The van der Waals surface area contributed by atoms with Crippen molar-refractivity contribution in [3.8, 4) is 45.1 Å². The van der Waals surface area contributed by atoms with E-state index in [-0.39, 0.29) is 0 Å². The minimum atomic E-state index is 0.648. The molecule has 0 fully saturated rings. The highest BCUT2D eigenvalue weighted by molar-refractivity contribution is 6.31. The molecule has 0 bridgehead atoms. The maximum absolute atomic E-state index is 5.46. The van der Waals surface area contributed by atoms with Gasteiger partial charge in [-0.1, -0.05) is 164 Å². The lowest BCUT2D eigenvalue weighted by Gasteiger charge is -2.13. The highest BCUT2D eigenvalue weighted by Gasteiger charge is 2.23. The largest absolute Gasteiger partial charge is 0.309 e. The summed E-state index contributed by atoms with van der Waals surface area (Å²) < 4.78 is 4.72. The average molecular weight is 739 g/mol. The fraction of sp³-hybridized carbons (Fsp3) is 0. The molecule has 3 heterocycles. The first-order valence-corrected chi connectivity index (χ1v) is 19.8. The van der Waals surface area contributed by atoms with Crippen LogP contribution in [0.25, 0.3) is 110 Å². The molecule has 4 heteroatoms. The van der Waals surface area contributed by atoms with E-state index in [0.717, 1.165) is 50.0 Å². The van der Waals surface area contributed by atoms with Crippen molar-refractivity contribution in [1.29, 1.82) is 0 Å². The summed E-state index contributed by atoms with van der Waals surface area (Å²) in [6, 6.07) is 73.7. The van der Waals surface area contributed by atoms with Gasteiger partial charge in [0.15, 0.2) is 0 Å². The van der Waals surface area contributed by atoms with Crippen LogP contribution in [0, 0.1) is 0 Å². The summed E-state index contributed by atoms with van der Waals surface area (Å²) >= 11 is 0. The van der Waals surface area contributed by atoms with Crippen molar-refractivity contribution in [3.05, 3.63) is 206 Å². The number of hydrogen-bond donors (Lipinski definition) is 0. The number of aromatic nitrogens is 4. The van der Waals surface area contributed by atoms with Crippen LogP contribution in [0.3, 0.4) is 0 Å². The molecular weight excluding hydrogens is 705 g/mol. The molecule has 0 saturated carbocycles. The van der Waals surface area contributed by atoms with Crippen LogP contribution in [0.1, 0.15) is 0 Å². The molecule has 0 atom stereocenters. The van der Waals surface area contributed by atoms with Crippen LogP contribution in [0.4, 0.5) is 0 Å². The fourth-order valence-electron chi connectivity index (χ4n) is 9.10. The zero-order chi connectivity index (χ0) is 38.2. The summed E-state index contributed by atoms with van der Waals surface area (Å²) in [5.74, 6) is 0.648. The molecule has 0 aliphatic carbocycles. The van der Waals surface area contributed by atoms with Crippen molar-refractivity contribution >= 4 is 65.3 Å². The van der Waals surface area contributed by atoms with E-state index in [9.17, 15) is 0 Å². The Morgan fingerprint density at radius 1 is 0.328 bits per heavy atom. The molecule has 0 amide bonds. The monoisotopic (exact) mass is 738 g/mol. The van der Waals surface area contributed by atoms with Crippen molar-refractivity contribution in [1.82, 2.24) is 19.1 Å². The SMILES string of the molecule is c1ccc(-c2ccc(-n3c4ccc5c(c6ccccc6n5-c5nc(-c6cccc(-c7ccccc7)c6)c6ccccc6n5)c4c4ccc5ccccc5c43)cc2)cc1. The van der Waals surface area contributed by atoms with Gasteiger partial charge in [0.2, 0.25) is 5.95 Å². The maximum Gasteiger partial charge on any atom is 0.235 e. The summed E-state index contributed by atoms with van der Waals surface area (Å²) in [6.07, 6.45) is 0. The van der Waals surface area contributed by atoms with Gasteiger partial charge in [-0.3, -0.25) is 4.57 Å². The Hall–Kier alpha value is -7.82. The lowest BCUT2D eigenvalue weighted by Crippen LogP contribution is -2.03. The molecule has 12 aromatic rings. The highest BCUT2D eigenvalue weighted by Crippen LogP contribution is 2.44. The molecule has 9 aromatic carbocycles. The third-order valence-corrected chi connectivity index (χ3v) is 11.7. The first kappa shape index (κ1) is 32.4. The zero-order valence-electron chi connectivity index (χ0n) is 31.4. The first-order valence-electron chi connectivity index (χ1n) is 19.8. The second-order valence-corrected chi connectivity index (χ2v) is 15.0. The maximum atomic E-state index is 5.46. The number of para-hydroxylation sites is 2. The van der Waals surface area contributed by atoms with E-state index in [1.165, 1.54) is 54.5 Å². The van der Waals surface area contributed by atoms with Crippen LogP contribution in [0.5, 0.6) is 0 Å². The molecule has 0 radical (unpaired) electrons. The molecule has 0 aliphatic heterocycles. The lowest BCUT2D eigenvalue weighted by atomic mass is 10.00. The molecule has 0 saturated heterocycles. The van der Waals surface area contributed by atoms with Gasteiger partial charge >= 0.3 is 0 Å². The number of fused-ring (bicyclic) bond motifs is 10. The van der Waals surface area contributed by atoms with E-state index in [2.05, 4.69) is 215 Å². The topological polar surface area (TPSA) is 35.6 Å². The number of nitrogens with zero attached hydrogens (tertiary/aromatic N) is 4. The quantitative estimate of drug-likeness (QED) is 0.176. The Morgan fingerprint density at radius 2 is 0.914 bits per heavy atom. The van der Waals surface area contributed by atoms with Crippen molar-refractivity contribution in [2.24, 2.45) is 0 Å². The molecule has 0 unspecified atom stereocenters. The predicted molar refractivity (Wildman–Crippen MR) is 242 cm³/mol. The predicted octanol–water partition coefficient (Wildman–Crippen LogP) is 14.0. The molecule has 0 aliphatic rings.